The van der Waals surface area contributed by atoms with Crippen molar-refractivity contribution in [2.75, 3.05) is 19.6 Å². The number of hydrogen-bond acceptors (Lipinski definition) is 9. The Morgan fingerprint density at radius 2 is 1.79 bits per heavy atom. The van der Waals surface area contributed by atoms with Gasteiger partial charge >= 0.3 is 12.3 Å². The molecule has 0 aromatic heterocycles. The number of nitro benzene ring substituents is 1. The molecule has 1 aliphatic rings. The maximum Gasteiger partial charge on any atom is 0.513 e. The third-order valence-corrected chi connectivity index (χ3v) is 4.06. The Morgan fingerprint density at radius 1 is 1.17 bits per heavy atom. The number of alkyl halides is 1. The Hall–Kier alpha value is -3.27. The van der Waals surface area contributed by atoms with Crippen LogP contribution >= 0.6 is 11.6 Å². The quantitative estimate of drug-likeness (QED) is 0.311. The van der Waals surface area contributed by atoms with Crippen LogP contribution in [0.1, 0.15) is 25.3 Å². The Labute approximate surface area is 171 Å². The second kappa shape index (κ2) is 9.78. The second-order valence-corrected chi connectivity index (χ2v) is 6.21. The van der Waals surface area contributed by atoms with Gasteiger partial charge in [-0.2, -0.15) is 0 Å². The van der Waals surface area contributed by atoms with E-state index in [1.807, 2.05) is 0 Å². The van der Waals surface area contributed by atoms with Crippen molar-refractivity contribution in [3.8, 4) is 0 Å². The Morgan fingerprint density at radius 3 is 2.34 bits per heavy atom. The van der Waals surface area contributed by atoms with E-state index in [9.17, 15) is 19.7 Å². The van der Waals surface area contributed by atoms with Gasteiger partial charge in [-0.3, -0.25) is 10.1 Å². The molecule has 10 nitrogen and oxygen atoms in total. The minimum absolute atomic E-state index is 0.0505. The van der Waals surface area contributed by atoms with Crippen LogP contribution in [0.2, 0.25) is 0 Å². The van der Waals surface area contributed by atoms with E-state index in [0.717, 1.165) is 7.11 Å². The van der Waals surface area contributed by atoms with E-state index in [1.165, 1.54) is 18.2 Å². The van der Waals surface area contributed by atoms with Gasteiger partial charge in [0.05, 0.1) is 29.3 Å². The van der Waals surface area contributed by atoms with Gasteiger partial charge in [0.2, 0.25) is 0 Å². The van der Waals surface area contributed by atoms with Crippen LogP contribution in [0.5, 0.6) is 0 Å². The number of halogens is 1. The molecule has 0 radical (unpaired) electrons. The highest BCUT2D eigenvalue weighted by molar-refractivity contribution is 6.18. The molecule has 1 atom stereocenters. The summed E-state index contributed by atoms with van der Waals surface area (Å²) in [6.45, 7) is 3.20. The molecule has 2 rings (SSSR count). The van der Waals surface area contributed by atoms with E-state index in [2.05, 4.69) is 10.1 Å². The van der Waals surface area contributed by atoms with E-state index < -0.39 is 23.2 Å². The average Bonchev–Trinajstić information content (AvgIpc) is 2.69. The zero-order chi connectivity index (χ0) is 21.6. The summed E-state index contributed by atoms with van der Waals surface area (Å²) in [5, 5.41) is 14.1. The molecule has 1 aromatic rings. The number of benzene rings is 1. The zero-order valence-corrected chi connectivity index (χ0v) is 16.6. The van der Waals surface area contributed by atoms with Crippen molar-refractivity contribution in [2.24, 2.45) is 0 Å². The number of carbonyl (C=O) groups excluding carboxylic acids is 2. The number of carbonyl (C=O) groups is 2. The topological polar surface area (TPSA) is 126 Å². The van der Waals surface area contributed by atoms with Crippen molar-refractivity contribution in [2.45, 2.75) is 19.8 Å². The summed E-state index contributed by atoms with van der Waals surface area (Å²) in [6.07, 6.45) is -2.02. The van der Waals surface area contributed by atoms with Crippen LogP contribution in [0.4, 0.5) is 15.3 Å². The fourth-order valence-electron chi connectivity index (χ4n) is 2.72. The Bertz CT molecular complexity index is 880. The van der Waals surface area contributed by atoms with Crippen molar-refractivity contribution in [1.82, 2.24) is 5.32 Å². The molecule has 0 saturated heterocycles. The Balaban J connectivity index is 2.53. The molecule has 0 amide bonds. The highest BCUT2D eigenvalue weighted by Gasteiger charge is 2.36. The third kappa shape index (κ3) is 5.38. The summed E-state index contributed by atoms with van der Waals surface area (Å²) in [4.78, 5) is 34.4. The largest absolute Gasteiger partial charge is 0.513 e. The molecule has 1 unspecified atom stereocenters. The summed E-state index contributed by atoms with van der Waals surface area (Å²) < 4.78 is 20.0. The number of nitrogens with one attached hydrogen (secondary N) is 1. The normalized spacial score (nSPS) is 16.1. The monoisotopic (exact) mass is 426 g/mol. The number of dihydropyridines is 1. The number of ether oxygens (including phenoxy) is 4. The molecule has 0 spiro atoms. The van der Waals surface area contributed by atoms with Gasteiger partial charge in [-0.05, 0) is 19.4 Å². The first kappa shape index (κ1) is 22.0. The van der Waals surface area contributed by atoms with E-state index >= 15 is 0 Å². The smallest absolute Gasteiger partial charge is 0.437 e. The van der Waals surface area contributed by atoms with Gasteiger partial charge in [-0.1, -0.05) is 12.1 Å². The molecule has 1 heterocycles. The summed E-state index contributed by atoms with van der Waals surface area (Å²) in [5.74, 6) is -0.758. The van der Waals surface area contributed by atoms with Crippen molar-refractivity contribution in [3.63, 3.8) is 0 Å². The average molecular weight is 427 g/mol. The summed E-state index contributed by atoms with van der Waals surface area (Å²) in [5.41, 5.74) is 1.04. The molecular weight excluding hydrogens is 408 g/mol. The SMILES string of the molecule is COC(=O)OC1=C(C)NC(C)=C(OC(=O)OCCCl)C1c1cccc([N+](=O)[O-])c1. The van der Waals surface area contributed by atoms with Gasteiger partial charge in [-0.25, -0.2) is 9.59 Å². The second-order valence-electron chi connectivity index (χ2n) is 5.83. The van der Waals surface area contributed by atoms with E-state index in [0.29, 0.717) is 17.0 Å². The summed E-state index contributed by atoms with van der Waals surface area (Å²) in [7, 11) is 1.14. The van der Waals surface area contributed by atoms with Gasteiger partial charge in [0.15, 0.2) is 0 Å². The zero-order valence-electron chi connectivity index (χ0n) is 15.9. The predicted octanol–water partition coefficient (Wildman–Crippen LogP) is 3.92. The lowest BCUT2D eigenvalue weighted by molar-refractivity contribution is -0.384. The van der Waals surface area contributed by atoms with Gasteiger partial charge in [0.25, 0.3) is 5.69 Å². The van der Waals surface area contributed by atoms with Crippen molar-refractivity contribution in [1.29, 1.82) is 0 Å². The lowest BCUT2D eigenvalue weighted by Crippen LogP contribution is -2.29. The van der Waals surface area contributed by atoms with Crippen LogP contribution in [0.25, 0.3) is 0 Å². The van der Waals surface area contributed by atoms with Gasteiger partial charge in [0.1, 0.15) is 24.0 Å². The molecule has 1 aromatic carbocycles. The van der Waals surface area contributed by atoms with E-state index in [4.69, 9.17) is 25.8 Å². The minimum Gasteiger partial charge on any atom is -0.437 e. The molecule has 29 heavy (non-hydrogen) atoms. The summed E-state index contributed by atoms with van der Waals surface area (Å²) >= 11 is 5.50. The number of nitrogens with zero attached hydrogens (tertiary/aromatic N) is 1. The van der Waals surface area contributed by atoms with Crippen LogP contribution < -0.4 is 5.32 Å². The van der Waals surface area contributed by atoms with Crippen molar-refractivity contribution in [3.05, 3.63) is 62.9 Å². The number of methoxy groups -OCH3 is 1. The van der Waals surface area contributed by atoms with E-state index in [1.54, 1.807) is 19.9 Å². The number of non-ortho nitro benzene ring substituents is 1. The number of nitro groups is 1. The molecule has 0 aliphatic carbocycles. The summed E-state index contributed by atoms with van der Waals surface area (Å²) in [6, 6.07) is 5.66. The maximum atomic E-state index is 12.0. The third-order valence-electron chi connectivity index (χ3n) is 3.90. The van der Waals surface area contributed by atoms with Crippen molar-refractivity contribution >= 4 is 29.6 Å². The van der Waals surface area contributed by atoms with Crippen LogP contribution in [0.15, 0.2) is 47.2 Å². The fourth-order valence-corrected chi connectivity index (χ4v) is 2.80. The van der Waals surface area contributed by atoms with Gasteiger partial charge in [0, 0.05) is 12.1 Å². The molecule has 156 valence electrons. The van der Waals surface area contributed by atoms with Crippen LogP contribution in [-0.2, 0) is 18.9 Å². The molecule has 0 fully saturated rings. The lowest BCUT2D eigenvalue weighted by Gasteiger charge is -2.30. The first-order valence-corrected chi connectivity index (χ1v) is 8.91. The fraction of sp³-hybridized carbons (Fsp3) is 0.333. The highest BCUT2D eigenvalue weighted by atomic mass is 35.5. The minimum atomic E-state index is -1.02. The Kier molecular flexibility index (Phi) is 7.43. The van der Waals surface area contributed by atoms with Crippen LogP contribution in [0.3, 0.4) is 0 Å². The van der Waals surface area contributed by atoms with Gasteiger partial charge < -0.3 is 24.3 Å². The predicted molar refractivity (Wildman–Crippen MR) is 101 cm³/mol. The molecule has 1 aliphatic heterocycles. The first-order valence-electron chi connectivity index (χ1n) is 8.37. The number of hydrogen-bond donors (Lipinski definition) is 1. The van der Waals surface area contributed by atoms with Crippen molar-refractivity contribution < 1.29 is 33.5 Å². The van der Waals surface area contributed by atoms with Gasteiger partial charge in [-0.15, -0.1) is 11.6 Å². The first-order chi connectivity index (χ1) is 13.8. The lowest BCUT2D eigenvalue weighted by atomic mass is 9.90. The molecule has 1 N–H and O–H groups in total. The standard InChI is InChI=1S/C18H19ClN2O8/c1-10-15(28-17(22)26-3)14(12-5-4-6-13(9-12)21(24)25)16(11(2)20-10)29-18(23)27-8-7-19/h4-6,9,14,20H,7-8H2,1-3H3. The van der Waals surface area contributed by atoms with Crippen LogP contribution in [-0.4, -0.2) is 36.8 Å². The number of allylic oxidation sites excluding steroid dienone is 2. The van der Waals surface area contributed by atoms with Crippen LogP contribution in [0, 0.1) is 10.1 Å². The highest BCUT2D eigenvalue weighted by Crippen LogP contribution is 2.40. The molecule has 11 heteroatoms. The maximum absolute atomic E-state index is 12.0. The number of rotatable bonds is 6. The molecular formula is C18H19ClN2O8. The molecule has 0 bridgehead atoms. The van der Waals surface area contributed by atoms with E-state index in [-0.39, 0.29) is 29.7 Å². The molecule has 0 saturated carbocycles.